The van der Waals surface area contributed by atoms with E-state index in [1.54, 1.807) is 12.3 Å². The lowest BCUT2D eigenvalue weighted by atomic mass is 10.00. The number of halogens is 1. The molecule has 2 nitrogen and oxygen atoms in total. The molecule has 1 unspecified atom stereocenters. The predicted octanol–water partition coefficient (Wildman–Crippen LogP) is 3.63. The van der Waals surface area contributed by atoms with Crippen molar-refractivity contribution in [3.05, 3.63) is 58.0 Å². The maximum absolute atomic E-state index is 10.1. The molecule has 3 heteroatoms. The van der Waals surface area contributed by atoms with E-state index in [1.165, 1.54) is 5.56 Å². The van der Waals surface area contributed by atoms with Crippen LogP contribution in [0.5, 0.6) is 0 Å². The van der Waals surface area contributed by atoms with Crippen molar-refractivity contribution in [2.45, 2.75) is 19.4 Å². The summed E-state index contributed by atoms with van der Waals surface area (Å²) in [6, 6.07) is 9.85. The quantitative estimate of drug-likeness (QED) is 0.932. The van der Waals surface area contributed by atoms with Gasteiger partial charge in [0.05, 0.1) is 12.4 Å². The van der Waals surface area contributed by atoms with Crippen LogP contribution in [0.15, 0.2) is 45.7 Å². The summed E-state index contributed by atoms with van der Waals surface area (Å²) < 4.78 is 5.72. The van der Waals surface area contributed by atoms with Gasteiger partial charge in [-0.3, -0.25) is 0 Å². The predicted molar refractivity (Wildman–Crippen MR) is 66.3 cm³/mol. The highest BCUT2D eigenvalue weighted by Gasteiger charge is 2.14. The molecule has 0 aliphatic carbocycles. The fourth-order valence-corrected chi connectivity index (χ4v) is 2.20. The molecule has 0 amide bonds. The first-order valence-electron chi connectivity index (χ1n) is 5.14. The Kier molecular flexibility index (Phi) is 3.46. The Bertz CT molecular complexity index is 476. The van der Waals surface area contributed by atoms with E-state index in [4.69, 9.17) is 4.42 Å². The zero-order valence-electron chi connectivity index (χ0n) is 8.98. The van der Waals surface area contributed by atoms with Crippen molar-refractivity contribution in [2.75, 3.05) is 0 Å². The lowest BCUT2D eigenvalue weighted by Gasteiger charge is -2.11. The van der Waals surface area contributed by atoms with E-state index in [0.29, 0.717) is 11.1 Å². The molecule has 0 spiro atoms. The Morgan fingerprint density at radius 3 is 2.69 bits per heavy atom. The highest BCUT2D eigenvalue weighted by molar-refractivity contribution is 9.10. The second-order valence-electron chi connectivity index (χ2n) is 3.80. The summed E-state index contributed by atoms with van der Waals surface area (Å²) in [7, 11) is 0. The summed E-state index contributed by atoms with van der Waals surface area (Å²) in [4.78, 5) is 0. The molecule has 1 aromatic heterocycles. The molecule has 0 radical (unpaired) electrons. The summed E-state index contributed by atoms with van der Waals surface area (Å²) in [6.07, 6.45) is 1.64. The fourth-order valence-electron chi connectivity index (χ4n) is 1.70. The van der Waals surface area contributed by atoms with Crippen molar-refractivity contribution in [1.82, 2.24) is 0 Å². The minimum absolute atomic E-state index is 0.533. The molecule has 0 aliphatic rings. The van der Waals surface area contributed by atoms with Gasteiger partial charge in [0.25, 0.3) is 0 Å². The normalized spacial score (nSPS) is 12.7. The Balaban J connectivity index is 2.17. The van der Waals surface area contributed by atoms with E-state index in [9.17, 15) is 5.11 Å². The molecular weight excluding hydrogens is 268 g/mol. The Morgan fingerprint density at radius 2 is 2.06 bits per heavy atom. The maximum Gasteiger partial charge on any atom is 0.174 e. The third kappa shape index (κ3) is 2.36. The average Bonchev–Trinajstić information content (AvgIpc) is 2.68. The van der Waals surface area contributed by atoms with Crippen LogP contribution in [-0.4, -0.2) is 5.11 Å². The molecule has 0 saturated carbocycles. The smallest absolute Gasteiger partial charge is 0.174 e. The largest absolute Gasteiger partial charge is 0.457 e. The number of rotatable bonds is 3. The monoisotopic (exact) mass is 280 g/mol. The molecule has 1 atom stereocenters. The van der Waals surface area contributed by atoms with Gasteiger partial charge >= 0.3 is 0 Å². The van der Waals surface area contributed by atoms with Crippen LogP contribution in [0.3, 0.4) is 0 Å². The highest BCUT2D eigenvalue weighted by Crippen LogP contribution is 2.27. The molecular formula is C13H13BrO2. The van der Waals surface area contributed by atoms with Crippen molar-refractivity contribution < 1.29 is 9.52 Å². The number of aliphatic hydroxyl groups excluding tert-OH is 1. The number of hydrogen-bond donors (Lipinski definition) is 1. The van der Waals surface area contributed by atoms with Gasteiger partial charge in [-0.25, -0.2) is 0 Å². The summed E-state index contributed by atoms with van der Waals surface area (Å²) in [6.45, 7) is 2.05. The number of aryl methyl sites for hydroxylation is 1. The molecule has 84 valence electrons. The summed E-state index contributed by atoms with van der Waals surface area (Å²) in [5.41, 5.74) is 3.15. The van der Waals surface area contributed by atoms with Gasteiger partial charge in [0.1, 0.15) is 0 Å². The molecule has 0 bridgehead atoms. The molecule has 16 heavy (non-hydrogen) atoms. The average molecular weight is 281 g/mol. The minimum atomic E-state index is -0.533. The van der Waals surface area contributed by atoms with Crippen LogP contribution in [0.25, 0.3) is 0 Å². The van der Waals surface area contributed by atoms with E-state index in [0.717, 1.165) is 11.1 Å². The molecule has 0 aliphatic heterocycles. The standard InChI is InChI=1S/C13H13BrO2/c1-9-4-2-3-5-10(9)8-12(15)11-6-7-16-13(11)14/h2-7,12,15H,8H2,1H3. The minimum Gasteiger partial charge on any atom is -0.457 e. The van der Waals surface area contributed by atoms with Crippen LogP contribution in [0.2, 0.25) is 0 Å². The Labute approximate surface area is 103 Å². The lowest BCUT2D eigenvalue weighted by molar-refractivity contribution is 0.176. The zero-order chi connectivity index (χ0) is 11.5. The molecule has 2 aromatic rings. The van der Waals surface area contributed by atoms with Crippen LogP contribution in [0, 0.1) is 6.92 Å². The van der Waals surface area contributed by atoms with Crippen molar-refractivity contribution in [3.63, 3.8) is 0 Å². The van der Waals surface area contributed by atoms with Gasteiger partial charge < -0.3 is 9.52 Å². The zero-order valence-corrected chi connectivity index (χ0v) is 10.6. The second-order valence-corrected chi connectivity index (χ2v) is 4.52. The highest BCUT2D eigenvalue weighted by atomic mass is 79.9. The third-order valence-corrected chi connectivity index (χ3v) is 3.32. The van der Waals surface area contributed by atoms with Gasteiger partial charge in [-0.15, -0.1) is 0 Å². The maximum atomic E-state index is 10.1. The molecule has 1 heterocycles. The van der Waals surface area contributed by atoms with E-state index in [-0.39, 0.29) is 0 Å². The van der Waals surface area contributed by atoms with Gasteiger partial charge in [-0.05, 0) is 40.0 Å². The molecule has 2 rings (SSSR count). The first kappa shape index (κ1) is 11.4. The van der Waals surface area contributed by atoms with Crippen molar-refractivity contribution in [2.24, 2.45) is 0 Å². The van der Waals surface area contributed by atoms with E-state index < -0.39 is 6.10 Å². The van der Waals surface area contributed by atoms with Gasteiger partial charge in [-0.1, -0.05) is 24.3 Å². The van der Waals surface area contributed by atoms with Crippen LogP contribution in [-0.2, 0) is 6.42 Å². The molecule has 1 aromatic carbocycles. The molecule has 1 N–H and O–H groups in total. The van der Waals surface area contributed by atoms with Gasteiger partial charge in [0.2, 0.25) is 0 Å². The summed E-state index contributed by atoms with van der Waals surface area (Å²) in [5, 5.41) is 10.1. The van der Waals surface area contributed by atoms with Crippen molar-refractivity contribution >= 4 is 15.9 Å². The summed E-state index contributed by atoms with van der Waals surface area (Å²) >= 11 is 3.27. The van der Waals surface area contributed by atoms with E-state index in [2.05, 4.69) is 15.9 Å². The number of furan rings is 1. The number of benzene rings is 1. The van der Waals surface area contributed by atoms with Crippen LogP contribution in [0.1, 0.15) is 22.8 Å². The summed E-state index contributed by atoms with van der Waals surface area (Å²) in [5.74, 6) is 0. The van der Waals surface area contributed by atoms with Crippen molar-refractivity contribution in [1.29, 1.82) is 0 Å². The van der Waals surface area contributed by atoms with Gasteiger partial charge in [0.15, 0.2) is 4.67 Å². The van der Waals surface area contributed by atoms with Gasteiger partial charge in [-0.2, -0.15) is 0 Å². The molecule has 0 saturated heterocycles. The SMILES string of the molecule is Cc1ccccc1CC(O)c1ccoc1Br. The first-order chi connectivity index (χ1) is 7.68. The van der Waals surface area contributed by atoms with Crippen LogP contribution in [0.4, 0.5) is 0 Å². The van der Waals surface area contributed by atoms with E-state index >= 15 is 0 Å². The second kappa shape index (κ2) is 4.85. The van der Waals surface area contributed by atoms with E-state index in [1.807, 2.05) is 31.2 Å². The van der Waals surface area contributed by atoms with Gasteiger partial charge in [0, 0.05) is 12.0 Å². The van der Waals surface area contributed by atoms with Crippen LogP contribution < -0.4 is 0 Å². The molecule has 0 fully saturated rings. The fraction of sp³-hybridized carbons (Fsp3) is 0.231. The van der Waals surface area contributed by atoms with Crippen LogP contribution >= 0.6 is 15.9 Å². The Hall–Kier alpha value is -1.06. The first-order valence-corrected chi connectivity index (χ1v) is 5.93. The van der Waals surface area contributed by atoms with Crippen molar-refractivity contribution in [3.8, 4) is 0 Å². The lowest BCUT2D eigenvalue weighted by Crippen LogP contribution is -2.02. The topological polar surface area (TPSA) is 33.4 Å². The number of hydrogen-bond acceptors (Lipinski definition) is 2. The third-order valence-electron chi connectivity index (χ3n) is 2.68. The number of aliphatic hydroxyl groups is 1. The Morgan fingerprint density at radius 1 is 1.31 bits per heavy atom.